The maximum atomic E-state index is 11.3. The number of hydrogen-bond donors (Lipinski definition) is 2. The van der Waals surface area contributed by atoms with E-state index in [1.165, 1.54) is 7.11 Å². The summed E-state index contributed by atoms with van der Waals surface area (Å²) in [6, 6.07) is 6.65. The maximum absolute atomic E-state index is 11.3. The molecular weight excluding hydrogens is 194 g/mol. The van der Waals surface area contributed by atoms with Gasteiger partial charge in [-0.1, -0.05) is 12.1 Å². The van der Waals surface area contributed by atoms with Gasteiger partial charge in [0.2, 0.25) is 0 Å². The predicted molar refractivity (Wildman–Crippen MR) is 56.4 cm³/mol. The zero-order chi connectivity index (χ0) is 11.5. The lowest BCUT2D eigenvalue weighted by Gasteiger charge is -2.21. The van der Waals surface area contributed by atoms with E-state index in [4.69, 9.17) is 5.73 Å². The molecule has 1 unspecified atom stereocenters. The van der Waals surface area contributed by atoms with Crippen molar-refractivity contribution < 1.29 is 14.6 Å². The molecule has 82 valence electrons. The van der Waals surface area contributed by atoms with E-state index in [9.17, 15) is 9.90 Å². The fourth-order valence-corrected chi connectivity index (χ4v) is 1.40. The van der Waals surface area contributed by atoms with E-state index in [0.29, 0.717) is 6.42 Å². The van der Waals surface area contributed by atoms with Crippen LogP contribution in [0.3, 0.4) is 0 Å². The van der Waals surface area contributed by atoms with Crippen molar-refractivity contribution in [1.29, 1.82) is 0 Å². The molecule has 1 rings (SSSR count). The highest BCUT2D eigenvalue weighted by molar-refractivity contribution is 5.80. The molecule has 0 heterocycles. The van der Waals surface area contributed by atoms with E-state index in [2.05, 4.69) is 4.74 Å². The largest absolute Gasteiger partial charge is 0.508 e. The smallest absolute Gasteiger partial charge is 0.325 e. The Kier molecular flexibility index (Phi) is 3.31. The lowest BCUT2D eigenvalue weighted by molar-refractivity contribution is -0.146. The third-order valence-electron chi connectivity index (χ3n) is 2.13. The van der Waals surface area contributed by atoms with Crippen molar-refractivity contribution in [3.63, 3.8) is 0 Å². The molecule has 0 saturated heterocycles. The molecule has 0 bridgehead atoms. The second-order valence-corrected chi connectivity index (χ2v) is 3.76. The van der Waals surface area contributed by atoms with E-state index in [-0.39, 0.29) is 5.75 Å². The summed E-state index contributed by atoms with van der Waals surface area (Å²) in [6.45, 7) is 1.60. The lowest BCUT2D eigenvalue weighted by Crippen LogP contribution is -2.47. The van der Waals surface area contributed by atoms with Crippen LogP contribution in [0.4, 0.5) is 0 Å². The number of aromatic hydroxyl groups is 1. The van der Waals surface area contributed by atoms with Gasteiger partial charge in [0.1, 0.15) is 11.3 Å². The minimum atomic E-state index is -1.07. The third-order valence-corrected chi connectivity index (χ3v) is 2.13. The van der Waals surface area contributed by atoms with Crippen LogP contribution in [0.2, 0.25) is 0 Å². The van der Waals surface area contributed by atoms with Crippen molar-refractivity contribution in [2.45, 2.75) is 18.9 Å². The van der Waals surface area contributed by atoms with Crippen LogP contribution in [0.5, 0.6) is 5.75 Å². The zero-order valence-electron chi connectivity index (χ0n) is 8.86. The van der Waals surface area contributed by atoms with E-state index in [0.717, 1.165) is 5.56 Å². The monoisotopic (exact) mass is 209 g/mol. The van der Waals surface area contributed by atoms with Crippen LogP contribution in [0.15, 0.2) is 24.3 Å². The number of esters is 1. The number of ether oxygens (including phenoxy) is 1. The summed E-state index contributed by atoms with van der Waals surface area (Å²) in [6.07, 6.45) is 0.327. The number of benzene rings is 1. The van der Waals surface area contributed by atoms with Crippen LogP contribution in [0.25, 0.3) is 0 Å². The van der Waals surface area contributed by atoms with Crippen molar-refractivity contribution in [2.75, 3.05) is 7.11 Å². The van der Waals surface area contributed by atoms with Gasteiger partial charge in [-0.25, -0.2) is 0 Å². The number of rotatable bonds is 3. The van der Waals surface area contributed by atoms with Crippen molar-refractivity contribution >= 4 is 5.97 Å². The number of methoxy groups -OCH3 is 1. The molecule has 1 atom stereocenters. The molecule has 0 aliphatic carbocycles. The van der Waals surface area contributed by atoms with Crippen molar-refractivity contribution in [3.05, 3.63) is 29.8 Å². The van der Waals surface area contributed by atoms with Gasteiger partial charge in [-0.05, 0) is 24.6 Å². The highest BCUT2D eigenvalue weighted by Gasteiger charge is 2.29. The molecule has 0 aromatic heterocycles. The molecule has 0 aliphatic rings. The molecule has 3 N–H and O–H groups in total. The summed E-state index contributed by atoms with van der Waals surface area (Å²) in [5, 5.41) is 9.25. The quantitative estimate of drug-likeness (QED) is 0.723. The number of carbonyl (C=O) groups is 1. The average Bonchev–Trinajstić information content (AvgIpc) is 2.15. The van der Waals surface area contributed by atoms with Gasteiger partial charge in [0.25, 0.3) is 0 Å². The van der Waals surface area contributed by atoms with Crippen molar-refractivity contribution in [2.24, 2.45) is 5.73 Å². The Labute approximate surface area is 88.7 Å². The number of carbonyl (C=O) groups excluding carboxylic acids is 1. The van der Waals surface area contributed by atoms with Crippen LogP contribution in [-0.2, 0) is 16.0 Å². The van der Waals surface area contributed by atoms with Gasteiger partial charge in [-0.3, -0.25) is 4.79 Å². The predicted octanol–water partition coefficient (Wildman–Crippen LogP) is 0.825. The van der Waals surface area contributed by atoms with Gasteiger partial charge in [-0.15, -0.1) is 0 Å². The van der Waals surface area contributed by atoms with Gasteiger partial charge < -0.3 is 15.6 Å². The topological polar surface area (TPSA) is 72.5 Å². The third kappa shape index (κ3) is 2.95. The maximum Gasteiger partial charge on any atom is 0.325 e. The van der Waals surface area contributed by atoms with E-state index in [1.54, 1.807) is 31.2 Å². The Hall–Kier alpha value is -1.55. The highest BCUT2D eigenvalue weighted by Crippen LogP contribution is 2.16. The molecule has 0 fully saturated rings. The highest BCUT2D eigenvalue weighted by atomic mass is 16.5. The van der Waals surface area contributed by atoms with Crippen LogP contribution in [0.1, 0.15) is 12.5 Å². The molecule has 0 amide bonds. The Morgan fingerprint density at radius 1 is 1.60 bits per heavy atom. The standard InChI is InChI=1S/C11H15NO3/c1-11(12,10(14)15-2)7-8-4-3-5-9(13)6-8/h3-6,13H,7,12H2,1-2H3. The van der Waals surface area contributed by atoms with Crippen molar-refractivity contribution in [3.8, 4) is 5.75 Å². The van der Waals surface area contributed by atoms with E-state index in [1.807, 2.05) is 0 Å². The molecule has 1 aromatic rings. The fourth-order valence-electron chi connectivity index (χ4n) is 1.40. The van der Waals surface area contributed by atoms with Gasteiger partial charge >= 0.3 is 5.97 Å². The fraction of sp³-hybridized carbons (Fsp3) is 0.364. The molecule has 4 heteroatoms. The average molecular weight is 209 g/mol. The van der Waals surface area contributed by atoms with E-state index < -0.39 is 11.5 Å². The van der Waals surface area contributed by atoms with Crippen molar-refractivity contribution in [1.82, 2.24) is 0 Å². The summed E-state index contributed by atoms with van der Waals surface area (Å²) < 4.78 is 4.59. The zero-order valence-corrected chi connectivity index (χ0v) is 8.86. The minimum Gasteiger partial charge on any atom is -0.508 e. The number of phenolic OH excluding ortho intramolecular Hbond substituents is 1. The Bertz CT molecular complexity index is 361. The molecule has 1 aromatic carbocycles. The summed E-state index contributed by atoms with van der Waals surface area (Å²) >= 11 is 0. The van der Waals surface area contributed by atoms with Crippen LogP contribution in [-0.4, -0.2) is 23.7 Å². The lowest BCUT2D eigenvalue weighted by atomic mass is 9.94. The first-order valence-electron chi connectivity index (χ1n) is 4.61. The van der Waals surface area contributed by atoms with E-state index >= 15 is 0 Å². The Morgan fingerprint density at radius 3 is 2.80 bits per heavy atom. The number of nitrogens with two attached hydrogens (primary N) is 1. The molecule has 4 nitrogen and oxygen atoms in total. The molecule has 0 spiro atoms. The Morgan fingerprint density at radius 2 is 2.27 bits per heavy atom. The van der Waals surface area contributed by atoms with Crippen LogP contribution >= 0.6 is 0 Å². The summed E-state index contributed by atoms with van der Waals surface area (Å²) in [7, 11) is 1.30. The number of phenols is 1. The van der Waals surface area contributed by atoms with Crippen LogP contribution < -0.4 is 5.73 Å². The molecule has 0 saturated carbocycles. The minimum absolute atomic E-state index is 0.160. The summed E-state index contributed by atoms with van der Waals surface area (Å²) in [5.74, 6) is -0.306. The molecule has 0 aliphatic heterocycles. The first-order chi connectivity index (χ1) is 6.95. The molecule has 15 heavy (non-hydrogen) atoms. The summed E-state index contributed by atoms with van der Waals surface area (Å²) in [4.78, 5) is 11.3. The van der Waals surface area contributed by atoms with Gasteiger partial charge in [0.05, 0.1) is 7.11 Å². The molecular formula is C11H15NO3. The first-order valence-corrected chi connectivity index (χ1v) is 4.61. The normalized spacial score (nSPS) is 14.3. The van der Waals surface area contributed by atoms with Gasteiger partial charge in [0.15, 0.2) is 0 Å². The second kappa shape index (κ2) is 4.31. The first kappa shape index (κ1) is 11.5. The van der Waals surface area contributed by atoms with Crippen LogP contribution in [0, 0.1) is 0 Å². The second-order valence-electron chi connectivity index (χ2n) is 3.76. The molecule has 0 radical (unpaired) electrons. The summed E-state index contributed by atoms with van der Waals surface area (Å²) in [5.41, 5.74) is 5.53. The van der Waals surface area contributed by atoms with Gasteiger partial charge in [0, 0.05) is 6.42 Å². The Balaban J connectivity index is 2.81. The SMILES string of the molecule is COC(=O)C(C)(N)Cc1cccc(O)c1. The number of hydrogen-bond acceptors (Lipinski definition) is 4. The van der Waals surface area contributed by atoms with Gasteiger partial charge in [-0.2, -0.15) is 0 Å².